The van der Waals surface area contributed by atoms with Crippen molar-refractivity contribution >= 4 is 29.6 Å². The number of nitrogens with zero attached hydrogens (tertiary/aromatic N) is 1. The number of rotatable bonds is 9. The molecule has 3 N–H and O–H groups in total. The third kappa shape index (κ3) is 7.82. The van der Waals surface area contributed by atoms with Gasteiger partial charge in [0.1, 0.15) is 0 Å². The molecule has 0 spiro atoms. The van der Waals surface area contributed by atoms with E-state index in [4.69, 9.17) is 14.2 Å². The standard InChI is InChI=1S/C25H30N4O6/c1-16-6-8-19(11-17(16)2)28-23(30)15-35-21-9-7-18(12-22(21)33-3)13-27-29-25(32)24(31)26-14-20-5-4-10-34-20/h6-9,11-13,20H,4-5,10,14-15H2,1-3H3,(H,26,31)(H,28,30)(H,29,32)/b27-13-/t20-/m1/s1. The van der Waals surface area contributed by atoms with Gasteiger partial charge in [0.05, 0.1) is 19.4 Å². The van der Waals surface area contributed by atoms with Gasteiger partial charge >= 0.3 is 11.8 Å². The Labute approximate surface area is 204 Å². The fourth-order valence-electron chi connectivity index (χ4n) is 3.35. The number of hydrogen-bond donors (Lipinski definition) is 3. The zero-order chi connectivity index (χ0) is 25.2. The van der Waals surface area contributed by atoms with Crippen LogP contribution in [0.2, 0.25) is 0 Å². The molecule has 10 nitrogen and oxygen atoms in total. The summed E-state index contributed by atoms with van der Waals surface area (Å²) < 4.78 is 16.3. The van der Waals surface area contributed by atoms with Gasteiger partial charge in [-0.3, -0.25) is 14.4 Å². The van der Waals surface area contributed by atoms with Crippen molar-refractivity contribution in [2.75, 3.05) is 32.2 Å². The topological polar surface area (TPSA) is 127 Å². The molecule has 3 rings (SSSR count). The molecule has 1 saturated heterocycles. The third-order valence-corrected chi connectivity index (χ3v) is 5.44. The average Bonchev–Trinajstić information content (AvgIpc) is 3.37. The number of aryl methyl sites for hydroxylation is 2. The maximum absolute atomic E-state index is 12.3. The summed E-state index contributed by atoms with van der Waals surface area (Å²) in [7, 11) is 1.47. The fourth-order valence-corrected chi connectivity index (χ4v) is 3.35. The van der Waals surface area contributed by atoms with Crippen LogP contribution in [0.3, 0.4) is 0 Å². The Hall–Kier alpha value is -3.92. The van der Waals surface area contributed by atoms with Crippen molar-refractivity contribution in [2.45, 2.75) is 32.8 Å². The summed E-state index contributed by atoms with van der Waals surface area (Å²) in [6.45, 7) is 4.74. The second-order valence-corrected chi connectivity index (χ2v) is 8.09. The molecule has 1 aliphatic heterocycles. The summed E-state index contributed by atoms with van der Waals surface area (Å²) in [5.41, 5.74) is 5.70. The SMILES string of the molecule is COc1cc(/C=N\NC(=O)C(=O)NC[C@H]2CCCO2)ccc1OCC(=O)Nc1ccc(C)c(C)c1. The Morgan fingerprint density at radius 2 is 1.91 bits per heavy atom. The van der Waals surface area contributed by atoms with Gasteiger partial charge < -0.3 is 24.8 Å². The largest absolute Gasteiger partial charge is 0.493 e. The smallest absolute Gasteiger partial charge is 0.329 e. The molecule has 1 fully saturated rings. The first-order chi connectivity index (χ1) is 16.9. The molecule has 0 unspecified atom stereocenters. The summed E-state index contributed by atoms with van der Waals surface area (Å²) in [6.07, 6.45) is 3.12. The van der Waals surface area contributed by atoms with E-state index in [2.05, 4.69) is 21.2 Å². The van der Waals surface area contributed by atoms with Gasteiger partial charge in [-0.15, -0.1) is 0 Å². The predicted molar refractivity (Wildman–Crippen MR) is 131 cm³/mol. The first-order valence-electron chi connectivity index (χ1n) is 11.3. The number of amides is 3. The number of hydrazone groups is 1. The number of carbonyl (C=O) groups is 3. The van der Waals surface area contributed by atoms with Crippen molar-refractivity contribution < 1.29 is 28.6 Å². The quantitative estimate of drug-likeness (QED) is 0.285. The van der Waals surface area contributed by atoms with Crippen LogP contribution in [0.1, 0.15) is 29.5 Å². The minimum absolute atomic E-state index is 0.0543. The van der Waals surface area contributed by atoms with E-state index >= 15 is 0 Å². The van der Waals surface area contributed by atoms with Crippen molar-refractivity contribution in [3.05, 3.63) is 53.1 Å². The minimum atomic E-state index is -0.874. The summed E-state index contributed by atoms with van der Waals surface area (Å²) in [4.78, 5) is 36.0. The second-order valence-electron chi connectivity index (χ2n) is 8.09. The van der Waals surface area contributed by atoms with E-state index in [1.165, 1.54) is 13.3 Å². The summed E-state index contributed by atoms with van der Waals surface area (Å²) in [5, 5.41) is 9.12. The maximum atomic E-state index is 12.3. The number of hydrogen-bond acceptors (Lipinski definition) is 7. The van der Waals surface area contributed by atoms with E-state index in [1.54, 1.807) is 18.2 Å². The van der Waals surface area contributed by atoms with E-state index < -0.39 is 11.8 Å². The highest BCUT2D eigenvalue weighted by Crippen LogP contribution is 2.27. The third-order valence-electron chi connectivity index (χ3n) is 5.44. The lowest BCUT2D eigenvalue weighted by Crippen LogP contribution is -2.41. The Bertz CT molecular complexity index is 1100. The number of ether oxygens (including phenoxy) is 3. The van der Waals surface area contributed by atoms with Gasteiger partial charge in [-0.05, 0) is 73.7 Å². The van der Waals surface area contributed by atoms with Crippen LogP contribution in [0.15, 0.2) is 41.5 Å². The van der Waals surface area contributed by atoms with E-state index in [9.17, 15) is 14.4 Å². The van der Waals surface area contributed by atoms with Gasteiger partial charge in [-0.25, -0.2) is 5.43 Å². The highest BCUT2D eigenvalue weighted by Gasteiger charge is 2.19. The van der Waals surface area contributed by atoms with E-state index in [-0.39, 0.29) is 25.2 Å². The monoisotopic (exact) mass is 482 g/mol. The van der Waals surface area contributed by atoms with E-state index in [1.807, 2.05) is 32.0 Å². The van der Waals surface area contributed by atoms with Crippen LogP contribution in [-0.4, -0.2) is 56.9 Å². The molecule has 0 radical (unpaired) electrons. The first kappa shape index (κ1) is 25.7. The van der Waals surface area contributed by atoms with Crippen LogP contribution in [-0.2, 0) is 19.1 Å². The van der Waals surface area contributed by atoms with Crippen molar-refractivity contribution in [1.29, 1.82) is 0 Å². The normalized spacial score (nSPS) is 15.0. The Kier molecular flexibility index (Phi) is 9.19. The number of carbonyl (C=O) groups excluding carboxylic acids is 3. The molecule has 2 aromatic carbocycles. The van der Waals surface area contributed by atoms with Crippen molar-refractivity contribution in [2.24, 2.45) is 5.10 Å². The first-order valence-corrected chi connectivity index (χ1v) is 11.3. The number of anilines is 1. The van der Waals surface area contributed by atoms with Crippen molar-refractivity contribution in [3.8, 4) is 11.5 Å². The molecule has 0 saturated carbocycles. The molecule has 0 bridgehead atoms. The van der Waals surface area contributed by atoms with Crippen LogP contribution in [0.25, 0.3) is 0 Å². The summed E-state index contributed by atoms with van der Waals surface area (Å²) >= 11 is 0. The summed E-state index contributed by atoms with van der Waals surface area (Å²) in [6, 6.07) is 10.6. The molecule has 0 aliphatic carbocycles. The van der Waals surface area contributed by atoms with Gasteiger partial charge in [-0.2, -0.15) is 5.10 Å². The van der Waals surface area contributed by atoms with Crippen LogP contribution < -0.4 is 25.5 Å². The van der Waals surface area contributed by atoms with Crippen molar-refractivity contribution in [3.63, 3.8) is 0 Å². The molecule has 2 aromatic rings. The van der Waals surface area contributed by atoms with Crippen LogP contribution in [0.5, 0.6) is 11.5 Å². The molecule has 186 valence electrons. The van der Waals surface area contributed by atoms with Gasteiger partial charge in [0.15, 0.2) is 18.1 Å². The minimum Gasteiger partial charge on any atom is -0.493 e. The number of nitrogens with one attached hydrogen (secondary N) is 3. The molecular weight excluding hydrogens is 452 g/mol. The molecule has 0 aromatic heterocycles. The second kappa shape index (κ2) is 12.5. The highest BCUT2D eigenvalue weighted by molar-refractivity contribution is 6.35. The summed E-state index contributed by atoms with van der Waals surface area (Å²) in [5.74, 6) is -1.20. The molecule has 35 heavy (non-hydrogen) atoms. The molecule has 3 amide bonds. The average molecular weight is 483 g/mol. The Morgan fingerprint density at radius 3 is 2.63 bits per heavy atom. The number of methoxy groups -OCH3 is 1. The highest BCUT2D eigenvalue weighted by atomic mass is 16.5. The van der Waals surface area contributed by atoms with E-state index in [0.717, 1.165) is 24.0 Å². The zero-order valence-corrected chi connectivity index (χ0v) is 20.1. The lowest BCUT2D eigenvalue weighted by molar-refractivity contribution is -0.139. The zero-order valence-electron chi connectivity index (χ0n) is 20.1. The van der Waals surface area contributed by atoms with Gasteiger partial charge in [0, 0.05) is 18.8 Å². The Morgan fingerprint density at radius 1 is 1.09 bits per heavy atom. The Balaban J connectivity index is 1.48. The van der Waals surface area contributed by atoms with Crippen LogP contribution in [0, 0.1) is 13.8 Å². The number of benzene rings is 2. The van der Waals surface area contributed by atoms with E-state index in [0.29, 0.717) is 29.4 Å². The molecule has 10 heteroatoms. The van der Waals surface area contributed by atoms with Crippen molar-refractivity contribution in [1.82, 2.24) is 10.7 Å². The van der Waals surface area contributed by atoms with Crippen LogP contribution in [0.4, 0.5) is 5.69 Å². The predicted octanol–water partition coefficient (Wildman–Crippen LogP) is 2.07. The maximum Gasteiger partial charge on any atom is 0.329 e. The van der Waals surface area contributed by atoms with Gasteiger partial charge in [0.2, 0.25) is 0 Å². The van der Waals surface area contributed by atoms with Crippen LogP contribution >= 0.6 is 0 Å². The lowest BCUT2D eigenvalue weighted by atomic mass is 10.1. The molecule has 1 atom stereocenters. The molecule has 1 aliphatic rings. The van der Waals surface area contributed by atoms with Gasteiger partial charge in [0.25, 0.3) is 5.91 Å². The molecular formula is C25H30N4O6. The lowest BCUT2D eigenvalue weighted by Gasteiger charge is -2.12. The molecule has 1 heterocycles. The fraction of sp³-hybridized carbons (Fsp3) is 0.360. The van der Waals surface area contributed by atoms with Gasteiger partial charge in [-0.1, -0.05) is 6.07 Å².